The molecule has 2 aromatic rings. The summed E-state index contributed by atoms with van der Waals surface area (Å²) in [6.45, 7) is 14.3. The summed E-state index contributed by atoms with van der Waals surface area (Å²) in [5.41, 5.74) is 6.38. The monoisotopic (exact) mass is 618 g/mol. The smallest absolute Gasteiger partial charge is 0.262 e. The van der Waals surface area contributed by atoms with Crippen molar-refractivity contribution in [3.8, 4) is 11.5 Å². The Hall–Kier alpha value is -3.58. The lowest BCUT2D eigenvalue weighted by Gasteiger charge is -2.48. The van der Waals surface area contributed by atoms with Crippen molar-refractivity contribution in [2.75, 3.05) is 25.6 Å². The minimum atomic E-state index is -0.554. The van der Waals surface area contributed by atoms with Gasteiger partial charge in [0.15, 0.2) is 29.7 Å². The highest BCUT2D eigenvalue weighted by molar-refractivity contribution is 6.32. The molecule has 2 aliphatic carbocycles. The van der Waals surface area contributed by atoms with Gasteiger partial charge in [0, 0.05) is 54.0 Å². The van der Waals surface area contributed by atoms with Crippen molar-refractivity contribution in [3.63, 3.8) is 0 Å². The molecule has 44 heavy (non-hydrogen) atoms. The molecule has 7 nitrogen and oxygen atoms in total. The van der Waals surface area contributed by atoms with Gasteiger partial charge in [-0.1, -0.05) is 57.0 Å². The molecule has 3 aliphatic rings. The third-order valence-corrected chi connectivity index (χ3v) is 9.13. The lowest BCUT2D eigenvalue weighted by molar-refractivity contribution is -0.120. The Kier molecular flexibility index (Phi) is 8.49. The fourth-order valence-electron chi connectivity index (χ4n) is 6.93. The molecule has 1 aliphatic heterocycles. The van der Waals surface area contributed by atoms with Crippen molar-refractivity contribution in [3.05, 3.63) is 74.6 Å². The Morgan fingerprint density at radius 3 is 2.07 bits per heavy atom. The van der Waals surface area contributed by atoms with Gasteiger partial charge in [0.05, 0.1) is 11.6 Å². The van der Waals surface area contributed by atoms with Gasteiger partial charge >= 0.3 is 0 Å². The van der Waals surface area contributed by atoms with Gasteiger partial charge in [-0.2, -0.15) is 0 Å². The number of nitrogens with one attached hydrogen (secondary N) is 1. The van der Waals surface area contributed by atoms with Crippen LogP contribution in [0, 0.1) is 24.7 Å². The van der Waals surface area contributed by atoms with Crippen LogP contribution in [0.15, 0.2) is 52.9 Å². The van der Waals surface area contributed by atoms with E-state index in [-0.39, 0.29) is 45.7 Å². The first-order valence-electron chi connectivity index (χ1n) is 15.3. The van der Waals surface area contributed by atoms with Gasteiger partial charge in [0.25, 0.3) is 5.91 Å². The molecule has 0 atom stereocenters. The number of aryl methyl sites for hydroxylation is 2. The number of benzene rings is 2. The van der Waals surface area contributed by atoms with Gasteiger partial charge in [-0.3, -0.25) is 14.4 Å². The Bertz CT molecular complexity index is 1560. The number of hydrogen-bond donors (Lipinski definition) is 1. The standard InChI is InChI=1S/C36H43ClN2O5/c1-9-43-29-14-22(13-23(37)34(29)44-19-30(42)38-24-11-10-20(2)12-21(24)3)31-32-25(15-35(4,5)17-27(32)40)39(8)26-16-36(6,7)18-28(41)33(26)31/h10-14,31H,9,15-19H2,1-8H3,(H,38,42). The van der Waals surface area contributed by atoms with Crippen molar-refractivity contribution >= 4 is 34.8 Å². The molecule has 2 aromatic carbocycles. The van der Waals surface area contributed by atoms with Gasteiger partial charge in [0.2, 0.25) is 0 Å². The second-order valence-electron chi connectivity index (χ2n) is 14.0. The van der Waals surface area contributed by atoms with E-state index >= 15 is 0 Å². The minimum absolute atomic E-state index is 0.0507. The van der Waals surface area contributed by atoms with E-state index in [0.717, 1.165) is 35.4 Å². The topological polar surface area (TPSA) is 84.9 Å². The maximum atomic E-state index is 13.9. The molecule has 0 spiro atoms. The summed E-state index contributed by atoms with van der Waals surface area (Å²) < 4.78 is 11.9. The highest BCUT2D eigenvalue weighted by atomic mass is 35.5. The molecule has 5 rings (SSSR count). The highest BCUT2D eigenvalue weighted by Crippen LogP contribution is 2.55. The highest BCUT2D eigenvalue weighted by Gasteiger charge is 2.48. The van der Waals surface area contributed by atoms with Crippen LogP contribution >= 0.6 is 11.6 Å². The zero-order chi connectivity index (χ0) is 32.1. The van der Waals surface area contributed by atoms with Crippen LogP contribution in [0.2, 0.25) is 5.02 Å². The van der Waals surface area contributed by atoms with Gasteiger partial charge in [-0.25, -0.2) is 0 Å². The number of ether oxygens (including phenoxy) is 2. The summed E-state index contributed by atoms with van der Waals surface area (Å²) in [7, 11) is 1.99. The number of ketones is 2. The summed E-state index contributed by atoms with van der Waals surface area (Å²) in [6.07, 6.45) is 2.27. The number of allylic oxidation sites excluding steroid dienone is 4. The molecule has 1 N–H and O–H groups in total. The predicted molar refractivity (Wildman–Crippen MR) is 173 cm³/mol. The van der Waals surface area contributed by atoms with Crippen molar-refractivity contribution in [2.24, 2.45) is 10.8 Å². The van der Waals surface area contributed by atoms with E-state index in [1.165, 1.54) is 0 Å². The predicted octanol–water partition coefficient (Wildman–Crippen LogP) is 7.69. The second kappa shape index (κ2) is 11.7. The number of hydrogen-bond acceptors (Lipinski definition) is 6. The van der Waals surface area contributed by atoms with Crippen LogP contribution in [0.3, 0.4) is 0 Å². The van der Waals surface area contributed by atoms with E-state index in [4.69, 9.17) is 21.1 Å². The Morgan fingerprint density at radius 2 is 1.52 bits per heavy atom. The molecular formula is C36H43ClN2O5. The third-order valence-electron chi connectivity index (χ3n) is 8.85. The van der Waals surface area contributed by atoms with Crippen LogP contribution in [0.1, 0.15) is 82.9 Å². The maximum Gasteiger partial charge on any atom is 0.262 e. The van der Waals surface area contributed by atoms with E-state index in [9.17, 15) is 14.4 Å². The average molecular weight is 619 g/mol. The maximum absolute atomic E-state index is 13.9. The Morgan fingerprint density at radius 1 is 0.932 bits per heavy atom. The van der Waals surface area contributed by atoms with E-state index in [2.05, 4.69) is 37.9 Å². The minimum Gasteiger partial charge on any atom is -0.490 e. The SMILES string of the molecule is CCOc1cc(C2C3=C(CC(C)(C)CC3=O)N(C)C3=C2C(=O)CC(C)(C)C3)cc(Cl)c1OCC(=O)Nc1ccc(C)cc1C. The molecule has 0 fully saturated rings. The largest absolute Gasteiger partial charge is 0.490 e. The van der Waals surface area contributed by atoms with Crippen LogP contribution in [-0.2, 0) is 14.4 Å². The number of amides is 1. The molecule has 234 valence electrons. The van der Waals surface area contributed by atoms with Gasteiger partial charge in [-0.05, 0) is 73.8 Å². The van der Waals surface area contributed by atoms with Gasteiger partial charge < -0.3 is 19.7 Å². The number of rotatable bonds is 7. The number of anilines is 1. The summed E-state index contributed by atoms with van der Waals surface area (Å²) in [6, 6.07) is 9.38. The van der Waals surface area contributed by atoms with Crippen molar-refractivity contribution in [1.82, 2.24) is 4.90 Å². The lowest BCUT2D eigenvalue weighted by Crippen LogP contribution is -2.43. The summed E-state index contributed by atoms with van der Waals surface area (Å²) in [5.74, 6) is -0.168. The molecule has 8 heteroatoms. The van der Waals surface area contributed by atoms with E-state index in [1.807, 2.05) is 52.1 Å². The van der Waals surface area contributed by atoms with Crippen molar-refractivity contribution in [2.45, 2.75) is 80.1 Å². The summed E-state index contributed by atoms with van der Waals surface area (Å²) >= 11 is 6.87. The first kappa shape index (κ1) is 31.8. The number of Topliss-reactive ketones (excluding diaryl/α,β-unsaturated/α-hetero) is 2. The molecule has 0 radical (unpaired) electrons. The number of nitrogens with zero attached hydrogens (tertiary/aromatic N) is 1. The number of halogens is 1. The lowest BCUT2D eigenvalue weighted by atomic mass is 9.63. The van der Waals surface area contributed by atoms with E-state index < -0.39 is 5.92 Å². The zero-order valence-corrected chi connectivity index (χ0v) is 27.8. The normalized spacial score (nSPS) is 19.5. The van der Waals surface area contributed by atoms with Crippen LogP contribution in [-0.4, -0.2) is 42.6 Å². The fraction of sp³-hybridized carbons (Fsp3) is 0.472. The fourth-order valence-corrected chi connectivity index (χ4v) is 7.21. The number of carbonyl (C=O) groups is 3. The van der Waals surface area contributed by atoms with Crippen LogP contribution < -0.4 is 14.8 Å². The molecule has 1 amide bonds. The first-order valence-corrected chi connectivity index (χ1v) is 15.7. The quantitative estimate of drug-likeness (QED) is 0.342. The van der Waals surface area contributed by atoms with Crippen LogP contribution in [0.4, 0.5) is 5.69 Å². The molecule has 0 saturated heterocycles. The van der Waals surface area contributed by atoms with Crippen molar-refractivity contribution in [1.29, 1.82) is 0 Å². The first-order chi connectivity index (χ1) is 20.6. The molecule has 0 bridgehead atoms. The van der Waals surface area contributed by atoms with E-state index in [0.29, 0.717) is 47.6 Å². The molecule has 0 aromatic heterocycles. The van der Waals surface area contributed by atoms with Gasteiger partial charge in [0.1, 0.15) is 0 Å². The third kappa shape index (κ3) is 6.16. The number of carbonyl (C=O) groups excluding carboxylic acids is 3. The van der Waals surface area contributed by atoms with Crippen molar-refractivity contribution < 1.29 is 23.9 Å². The Balaban J connectivity index is 1.54. The molecule has 0 saturated carbocycles. The van der Waals surface area contributed by atoms with E-state index in [1.54, 1.807) is 6.07 Å². The Labute approximate surface area is 265 Å². The second-order valence-corrected chi connectivity index (χ2v) is 14.4. The molecule has 1 heterocycles. The molecular weight excluding hydrogens is 576 g/mol. The van der Waals surface area contributed by atoms with Crippen LogP contribution in [0.5, 0.6) is 11.5 Å². The average Bonchev–Trinajstić information content (AvgIpc) is 2.90. The molecule has 0 unspecified atom stereocenters. The summed E-state index contributed by atoms with van der Waals surface area (Å²) in [4.78, 5) is 42.7. The van der Waals surface area contributed by atoms with Crippen LogP contribution in [0.25, 0.3) is 0 Å². The zero-order valence-electron chi connectivity index (χ0n) is 27.1. The summed E-state index contributed by atoms with van der Waals surface area (Å²) in [5, 5.41) is 3.14. The van der Waals surface area contributed by atoms with Gasteiger partial charge in [-0.15, -0.1) is 0 Å².